The predicted molar refractivity (Wildman–Crippen MR) is 62.0 cm³/mol. The molecule has 1 fully saturated rings. The Morgan fingerprint density at radius 1 is 1.35 bits per heavy atom. The Bertz CT molecular complexity index is 305. The molecule has 2 nitrogen and oxygen atoms in total. The lowest BCUT2D eigenvalue weighted by Crippen LogP contribution is -2.45. The number of allylic oxidation sites excluding steroid dienone is 1. The quantitative estimate of drug-likeness (QED) is 0.774. The topological polar surface area (TPSA) is 37.3 Å². The first-order chi connectivity index (χ1) is 7.91. The highest BCUT2D eigenvalue weighted by Crippen LogP contribution is 2.34. The number of carbonyl (C=O) groups excluding carboxylic acids is 1. The van der Waals surface area contributed by atoms with E-state index < -0.39 is 23.7 Å². The van der Waals surface area contributed by atoms with Gasteiger partial charge in [-0.2, -0.15) is 8.78 Å². The lowest BCUT2D eigenvalue weighted by molar-refractivity contribution is -0.162. The number of aliphatic hydroxyl groups excluding tert-OH is 1. The molecular formula is C13H20F2O2. The average Bonchev–Trinajstić information content (AvgIpc) is 2.36. The molecule has 1 rings (SSSR count). The normalized spacial score (nSPS) is 21.4. The zero-order valence-electron chi connectivity index (χ0n) is 10.4. The van der Waals surface area contributed by atoms with Crippen molar-refractivity contribution in [2.24, 2.45) is 5.92 Å². The van der Waals surface area contributed by atoms with Gasteiger partial charge < -0.3 is 5.11 Å². The molecule has 0 aromatic carbocycles. The molecule has 1 aliphatic rings. The van der Waals surface area contributed by atoms with Crippen LogP contribution in [0.15, 0.2) is 11.6 Å². The van der Waals surface area contributed by atoms with Gasteiger partial charge in [0.15, 0.2) is 0 Å². The maximum Gasteiger partial charge on any atom is 0.334 e. The number of halogens is 2. The minimum Gasteiger partial charge on any atom is -0.382 e. The predicted octanol–water partition coefficient (Wildman–Crippen LogP) is 3.10. The van der Waals surface area contributed by atoms with E-state index in [2.05, 4.69) is 0 Å². The molecular weight excluding hydrogens is 226 g/mol. The minimum atomic E-state index is -3.65. The molecule has 1 atom stereocenters. The number of Topliss-reactive ketones (excluding diaryl/α,β-unsaturated/α-hetero) is 1. The lowest BCUT2D eigenvalue weighted by atomic mass is 9.82. The molecule has 0 radical (unpaired) electrons. The van der Waals surface area contributed by atoms with Crippen molar-refractivity contribution in [2.75, 3.05) is 0 Å². The Morgan fingerprint density at radius 2 is 1.88 bits per heavy atom. The fraction of sp³-hybridized carbons (Fsp3) is 0.769. The fourth-order valence-corrected chi connectivity index (χ4v) is 2.22. The summed E-state index contributed by atoms with van der Waals surface area (Å²) in [4.78, 5) is 11.7. The highest BCUT2D eigenvalue weighted by atomic mass is 19.3. The van der Waals surface area contributed by atoms with Gasteiger partial charge in [0.25, 0.3) is 0 Å². The summed E-state index contributed by atoms with van der Waals surface area (Å²) in [5.41, 5.74) is 0.138. The summed E-state index contributed by atoms with van der Waals surface area (Å²) in [6.45, 7) is 2.98. The molecule has 0 spiro atoms. The highest BCUT2D eigenvalue weighted by molar-refractivity contribution is 5.89. The first-order valence-corrected chi connectivity index (χ1v) is 6.14. The van der Waals surface area contributed by atoms with Crippen molar-refractivity contribution in [1.82, 2.24) is 0 Å². The van der Waals surface area contributed by atoms with Crippen LogP contribution in [0.25, 0.3) is 0 Å². The van der Waals surface area contributed by atoms with Crippen LogP contribution in [-0.2, 0) is 4.79 Å². The molecule has 98 valence electrons. The van der Waals surface area contributed by atoms with E-state index in [9.17, 15) is 18.7 Å². The molecule has 1 aliphatic carbocycles. The third-order valence-corrected chi connectivity index (χ3v) is 3.53. The van der Waals surface area contributed by atoms with Gasteiger partial charge in [0.2, 0.25) is 5.78 Å². The smallest absolute Gasteiger partial charge is 0.334 e. The van der Waals surface area contributed by atoms with E-state index in [1.165, 1.54) is 13.0 Å². The third-order valence-electron chi connectivity index (χ3n) is 3.53. The van der Waals surface area contributed by atoms with Crippen LogP contribution in [0, 0.1) is 5.92 Å². The van der Waals surface area contributed by atoms with E-state index in [4.69, 9.17) is 0 Å². The molecule has 0 heterocycles. The first kappa shape index (κ1) is 14.3. The van der Waals surface area contributed by atoms with E-state index >= 15 is 0 Å². The van der Waals surface area contributed by atoms with Crippen LogP contribution in [0.1, 0.15) is 46.0 Å². The Hall–Kier alpha value is -0.770. The van der Waals surface area contributed by atoms with Crippen LogP contribution in [0.3, 0.4) is 0 Å². The van der Waals surface area contributed by atoms with E-state index in [1.54, 1.807) is 6.92 Å². The molecule has 1 unspecified atom stereocenters. The fourth-order valence-electron chi connectivity index (χ4n) is 2.22. The van der Waals surface area contributed by atoms with E-state index in [0.717, 1.165) is 19.3 Å². The van der Waals surface area contributed by atoms with Crippen molar-refractivity contribution in [3.63, 3.8) is 0 Å². The molecule has 1 N–H and O–H groups in total. The molecule has 17 heavy (non-hydrogen) atoms. The van der Waals surface area contributed by atoms with Crippen molar-refractivity contribution in [2.45, 2.75) is 58.0 Å². The van der Waals surface area contributed by atoms with Crippen LogP contribution in [0.5, 0.6) is 0 Å². The van der Waals surface area contributed by atoms with Crippen molar-refractivity contribution in [3.8, 4) is 0 Å². The number of ketones is 1. The van der Waals surface area contributed by atoms with Gasteiger partial charge in [-0.25, -0.2) is 0 Å². The van der Waals surface area contributed by atoms with Crippen LogP contribution in [0.2, 0.25) is 0 Å². The van der Waals surface area contributed by atoms with Gasteiger partial charge in [-0.3, -0.25) is 4.79 Å². The largest absolute Gasteiger partial charge is 0.382 e. The number of hydrogen-bond donors (Lipinski definition) is 1. The Morgan fingerprint density at radius 3 is 2.35 bits per heavy atom. The second-order valence-corrected chi connectivity index (χ2v) is 4.76. The number of hydrogen-bond acceptors (Lipinski definition) is 2. The number of aliphatic hydroxyl groups is 1. The van der Waals surface area contributed by atoms with Gasteiger partial charge in [0.05, 0.1) is 0 Å². The SMILES string of the molecule is C/C=C(\C)C(O)C(F)(F)C(=O)C1CCCCC1. The second kappa shape index (κ2) is 5.71. The van der Waals surface area contributed by atoms with Crippen LogP contribution < -0.4 is 0 Å². The molecule has 0 bridgehead atoms. The number of alkyl halides is 2. The maximum atomic E-state index is 13.8. The summed E-state index contributed by atoms with van der Waals surface area (Å²) in [7, 11) is 0. The zero-order chi connectivity index (χ0) is 13.1. The van der Waals surface area contributed by atoms with Gasteiger partial charge >= 0.3 is 5.92 Å². The van der Waals surface area contributed by atoms with Gasteiger partial charge in [-0.1, -0.05) is 25.3 Å². The summed E-state index contributed by atoms with van der Waals surface area (Å²) in [6, 6.07) is 0. The summed E-state index contributed by atoms with van der Waals surface area (Å²) >= 11 is 0. The average molecular weight is 246 g/mol. The molecule has 0 amide bonds. The monoisotopic (exact) mass is 246 g/mol. The molecule has 0 saturated heterocycles. The Balaban J connectivity index is 2.77. The van der Waals surface area contributed by atoms with Crippen molar-refractivity contribution < 1.29 is 18.7 Å². The van der Waals surface area contributed by atoms with Crippen molar-refractivity contribution in [3.05, 3.63) is 11.6 Å². The third kappa shape index (κ3) is 3.12. The number of carbonyl (C=O) groups is 1. The molecule has 1 saturated carbocycles. The van der Waals surface area contributed by atoms with E-state index in [1.807, 2.05) is 0 Å². The minimum absolute atomic E-state index is 0.138. The first-order valence-electron chi connectivity index (χ1n) is 6.14. The van der Waals surface area contributed by atoms with Gasteiger partial charge in [-0.05, 0) is 32.3 Å². The number of rotatable bonds is 4. The van der Waals surface area contributed by atoms with Crippen LogP contribution in [0.4, 0.5) is 8.78 Å². The maximum absolute atomic E-state index is 13.8. The van der Waals surface area contributed by atoms with E-state index in [-0.39, 0.29) is 5.57 Å². The lowest BCUT2D eigenvalue weighted by Gasteiger charge is -2.28. The van der Waals surface area contributed by atoms with Gasteiger partial charge in [-0.15, -0.1) is 0 Å². The van der Waals surface area contributed by atoms with Crippen molar-refractivity contribution >= 4 is 5.78 Å². The van der Waals surface area contributed by atoms with E-state index in [0.29, 0.717) is 12.8 Å². The molecule has 0 aliphatic heterocycles. The summed E-state index contributed by atoms with van der Waals surface area (Å²) < 4.78 is 27.6. The standard InChI is InChI=1S/C13H20F2O2/c1-3-9(2)11(16)13(14,15)12(17)10-7-5-4-6-8-10/h3,10-11,16H,4-8H2,1-2H3/b9-3+. The summed E-state index contributed by atoms with van der Waals surface area (Å²) in [5, 5.41) is 9.51. The summed E-state index contributed by atoms with van der Waals surface area (Å²) in [6.07, 6.45) is 3.13. The molecule has 4 heteroatoms. The van der Waals surface area contributed by atoms with Gasteiger partial charge in [0, 0.05) is 5.92 Å². The summed E-state index contributed by atoms with van der Waals surface area (Å²) in [5.74, 6) is -5.33. The second-order valence-electron chi connectivity index (χ2n) is 4.76. The Labute approximate surface area is 101 Å². The van der Waals surface area contributed by atoms with Crippen LogP contribution >= 0.6 is 0 Å². The van der Waals surface area contributed by atoms with Gasteiger partial charge in [0.1, 0.15) is 6.10 Å². The Kier molecular flexibility index (Phi) is 4.80. The molecule has 0 aromatic heterocycles. The zero-order valence-corrected chi connectivity index (χ0v) is 10.4. The van der Waals surface area contributed by atoms with Crippen LogP contribution in [-0.4, -0.2) is 22.9 Å². The van der Waals surface area contributed by atoms with Crippen molar-refractivity contribution in [1.29, 1.82) is 0 Å². The molecule has 0 aromatic rings. The highest BCUT2D eigenvalue weighted by Gasteiger charge is 2.49.